The zero-order valence-electron chi connectivity index (χ0n) is 72.2. The van der Waals surface area contributed by atoms with Crippen LogP contribution in [0.3, 0.4) is 0 Å². The van der Waals surface area contributed by atoms with Crippen molar-refractivity contribution in [2.24, 2.45) is 7.05 Å². The number of nitrogens with one attached hydrogen (secondary N) is 4. The first-order chi connectivity index (χ1) is 56.3. The average Bonchev–Trinajstić information content (AvgIpc) is 1.60. The number of amides is 2. The van der Waals surface area contributed by atoms with E-state index in [1.165, 1.54) is 44.0 Å². The van der Waals surface area contributed by atoms with Crippen LogP contribution in [-0.4, -0.2) is 368 Å². The number of Topliss-reactive ketones (excluding diaryl/α,β-unsaturated/α-hetero) is 3. The van der Waals surface area contributed by atoms with Crippen LogP contribution in [0, 0.1) is 0 Å². The van der Waals surface area contributed by atoms with Crippen molar-refractivity contribution in [2.75, 3.05) is 118 Å². The number of hydrogen-bond acceptors (Lipinski definition) is 30. The maximum Gasteiger partial charge on any atom is 0.332 e. The highest BCUT2D eigenvalue weighted by molar-refractivity contribution is 7.73. The summed E-state index contributed by atoms with van der Waals surface area (Å²) in [4.78, 5) is 148. The average molecular weight is 1820 g/mol. The van der Waals surface area contributed by atoms with Gasteiger partial charge in [-0.1, -0.05) is 13.2 Å². The molecule has 10 rings (SSSR count). The Hall–Kier alpha value is -7.08. The van der Waals surface area contributed by atoms with Crippen molar-refractivity contribution >= 4 is 101 Å². The molecule has 7 aliphatic rings. The Morgan fingerprint density at radius 1 is 0.484 bits per heavy atom. The van der Waals surface area contributed by atoms with Crippen molar-refractivity contribution in [1.29, 1.82) is 0 Å². The molecule has 0 bridgehead atoms. The van der Waals surface area contributed by atoms with E-state index in [2.05, 4.69) is 100 Å². The summed E-state index contributed by atoms with van der Waals surface area (Å²) >= 11 is 0. The van der Waals surface area contributed by atoms with Crippen molar-refractivity contribution in [3.05, 3.63) is 147 Å². The lowest BCUT2D eigenvalue weighted by atomic mass is 10.1. The van der Waals surface area contributed by atoms with Gasteiger partial charge < -0.3 is 99.2 Å². The third kappa shape index (κ3) is 28.7. The van der Waals surface area contributed by atoms with Crippen LogP contribution in [0.4, 0.5) is 0 Å². The quantitative estimate of drug-likeness (QED) is 0.0185. The summed E-state index contributed by atoms with van der Waals surface area (Å²) in [6.45, 7) is 25.4. The molecule has 122 heavy (non-hydrogen) atoms. The fraction of sp³-hybridized carbons (Fsp3) is 0.608. The Kier molecular flexibility index (Phi) is 36.9. The molecular formula is C79H125N10O28P5. The second kappa shape index (κ2) is 43.4. The summed E-state index contributed by atoms with van der Waals surface area (Å²) in [5.41, 5.74) is -4.88. The van der Waals surface area contributed by atoms with Gasteiger partial charge in [0.05, 0.1) is 42.5 Å². The first-order valence-corrected chi connectivity index (χ1v) is 54.3. The van der Waals surface area contributed by atoms with Gasteiger partial charge in [0.15, 0.2) is 43.5 Å². The minimum absolute atomic E-state index is 0.227. The molecule has 0 aromatic carbocycles. The van der Waals surface area contributed by atoms with E-state index in [0.717, 1.165) is 64.1 Å². The lowest BCUT2D eigenvalue weighted by Crippen LogP contribution is -2.47. The lowest BCUT2D eigenvalue weighted by molar-refractivity contribution is -0.139. The van der Waals surface area contributed by atoms with E-state index >= 15 is 0 Å². The number of rotatable bonds is 28. The van der Waals surface area contributed by atoms with Gasteiger partial charge in [-0.05, 0) is 143 Å². The molecule has 0 spiro atoms. The van der Waals surface area contributed by atoms with Gasteiger partial charge in [0.1, 0.15) is 84.0 Å². The minimum Gasteiger partial charge on any atom is -0.457 e. The van der Waals surface area contributed by atoms with Crippen molar-refractivity contribution < 1.29 is 108 Å². The van der Waals surface area contributed by atoms with Crippen LogP contribution in [0.25, 0.3) is 0 Å². The van der Waals surface area contributed by atoms with Gasteiger partial charge >= 0.3 is 23.0 Å². The van der Waals surface area contributed by atoms with E-state index in [4.69, 9.17) is 33.2 Å². The van der Waals surface area contributed by atoms with Gasteiger partial charge in [-0.2, -0.15) is 0 Å². The van der Waals surface area contributed by atoms with Gasteiger partial charge in [0.25, 0.3) is 28.5 Å². The Morgan fingerprint density at radius 2 is 0.844 bits per heavy atom. The Labute approximate surface area is 708 Å². The molecule has 5 fully saturated rings. The highest BCUT2D eigenvalue weighted by atomic mass is 31.2. The Morgan fingerprint density at radius 3 is 1.23 bits per heavy atom. The molecule has 2 amide bonds. The maximum absolute atomic E-state index is 12.3. The van der Waals surface area contributed by atoms with Crippen molar-refractivity contribution in [1.82, 2.24) is 48.7 Å². The van der Waals surface area contributed by atoms with Crippen LogP contribution < -0.4 is 44.4 Å². The van der Waals surface area contributed by atoms with E-state index in [9.17, 15) is 98.4 Å². The summed E-state index contributed by atoms with van der Waals surface area (Å²) in [6.07, 6.45) is 17.8. The second-order valence-electron chi connectivity index (χ2n) is 34.5. The number of aromatic amines is 2. The Bertz CT molecular complexity index is 5020. The van der Waals surface area contributed by atoms with Crippen LogP contribution in [-0.2, 0) is 64.1 Å². The molecule has 0 aliphatic carbocycles. The molecular weight excluding hydrogens is 1690 g/mol. The number of ether oxygens (including phenoxy) is 8. The van der Waals surface area contributed by atoms with Gasteiger partial charge in [-0.3, -0.25) is 71.4 Å². The van der Waals surface area contributed by atoms with Crippen LogP contribution in [0.1, 0.15) is 98.7 Å². The van der Waals surface area contributed by atoms with Crippen molar-refractivity contribution in [3.63, 3.8) is 0 Å². The highest BCUT2D eigenvalue weighted by Gasteiger charge is 2.51. The third-order valence-corrected chi connectivity index (χ3v) is 27.8. The number of methoxy groups -OCH3 is 2. The number of esters is 1. The van der Waals surface area contributed by atoms with E-state index in [-0.39, 0.29) is 29.0 Å². The zero-order chi connectivity index (χ0) is 92.2. The SMILES string of the molecule is C=C1NC(=O)C(C)=CN1C1O[C@H](CCP(=C)(C)C)[C@@H](O)[C@H]1O.C=C1NC(=O)C=CN1C1O[C@H](CCP(=C)(C)C)[C@@H](O)[C@H]1OC.C=P(C)(C)CC[C@H]1OC(n2ccc(=O)n(C)c2=O)[C@H](OC)[C@@H]1O.C=P(C)(C)CC[C@H]1O[C@@H](n2cc(C(=O)CC(C)=O)c(=O)[nH]c2=O)[C@H](O)[C@@H]1O.C=P(C)(C)CC[C@H]1O[C@@H](n2cc(C(=O)COC(C)=O)c(=O)[nH]c2=O)[C@H](O)[C@@H]1O. The zero-order valence-corrected chi connectivity index (χ0v) is 76.7. The molecule has 0 saturated carbocycles. The topological polar surface area (TPSA) is 522 Å². The van der Waals surface area contributed by atoms with Gasteiger partial charge in [0.2, 0.25) is 5.78 Å². The molecule has 7 aliphatic heterocycles. The number of nitrogens with zero attached hydrogens (tertiary/aromatic N) is 6. The number of carbonyl (C=O) groups excluding carboxylic acids is 6. The molecule has 12 N–H and O–H groups in total. The number of carbonyl (C=O) groups is 6. The van der Waals surface area contributed by atoms with Crippen molar-refractivity contribution in [2.45, 2.75) is 182 Å². The lowest BCUT2D eigenvalue weighted by Gasteiger charge is -2.34. The number of aliphatic hydroxyl groups is 8. The van der Waals surface area contributed by atoms with Gasteiger partial charge in [0, 0.05) is 76.9 Å². The summed E-state index contributed by atoms with van der Waals surface area (Å²) < 4.78 is 48.4. The van der Waals surface area contributed by atoms with Crippen molar-refractivity contribution in [3.8, 4) is 0 Å². The summed E-state index contributed by atoms with van der Waals surface area (Å²) in [7, 11) is 4.42. The molecule has 3 unspecified atom stereocenters. The van der Waals surface area contributed by atoms with Crippen LogP contribution in [0.15, 0.2) is 102 Å². The summed E-state index contributed by atoms with van der Waals surface area (Å²) in [6, 6.07) is 1.29. The maximum atomic E-state index is 12.3. The highest BCUT2D eigenvalue weighted by Crippen LogP contribution is 2.44. The second-order valence-corrected chi connectivity index (χ2v) is 56.1. The predicted molar refractivity (Wildman–Crippen MR) is 476 cm³/mol. The first-order valence-electron chi connectivity index (χ1n) is 39.1. The number of aromatic nitrogens is 6. The predicted octanol–water partition coefficient (Wildman–Crippen LogP) is -0.720. The Balaban J connectivity index is 0.000000237. The van der Waals surface area contributed by atoms with Gasteiger partial charge in [-0.15, -0.1) is 65.9 Å². The number of aliphatic hydroxyl groups excluding tert-OH is 8. The molecule has 38 nitrogen and oxygen atoms in total. The van der Waals surface area contributed by atoms with Crippen LogP contribution >= 0.6 is 34.4 Å². The molecule has 3 aromatic heterocycles. The van der Waals surface area contributed by atoms with E-state index in [1.807, 2.05) is 36.6 Å². The monoisotopic (exact) mass is 1820 g/mol. The van der Waals surface area contributed by atoms with Gasteiger partial charge in [-0.25, -0.2) is 14.4 Å². The van der Waals surface area contributed by atoms with Crippen LogP contribution in [0.5, 0.6) is 0 Å². The molecule has 10 heterocycles. The first kappa shape index (κ1) is 104. The van der Waals surface area contributed by atoms with E-state index in [0.29, 0.717) is 49.1 Å². The third-order valence-electron chi connectivity index (χ3n) is 20.4. The molecule has 20 atom stereocenters. The number of hydrogen-bond donors (Lipinski definition) is 12. The summed E-state index contributed by atoms with van der Waals surface area (Å²) in [5, 5.41) is 87.8. The normalized spacial score (nSPS) is 28.5. The van der Waals surface area contributed by atoms with E-state index in [1.54, 1.807) is 36.2 Å². The smallest absolute Gasteiger partial charge is 0.332 e. The molecule has 5 saturated heterocycles. The minimum atomic E-state index is -1.43. The van der Waals surface area contributed by atoms with Crippen LogP contribution in [0.2, 0.25) is 0 Å². The fourth-order valence-electron chi connectivity index (χ4n) is 13.5. The fourth-order valence-corrected chi connectivity index (χ4v) is 18.3. The number of ketones is 3. The molecule has 684 valence electrons. The van der Waals surface area contributed by atoms with E-state index < -0.39 is 221 Å². The molecule has 0 radical (unpaired) electrons. The molecule has 3 aromatic rings. The summed E-state index contributed by atoms with van der Waals surface area (Å²) in [5.74, 6) is -2.40. The number of H-pyrrole nitrogens is 2. The largest absolute Gasteiger partial charge is 0.457 e. The molecule has 43 heteroatoms. The standard InChI is InChI=1S/C17H25N2O8P.C17H25N2O7P.C15H25N2O5P.2C15H25N2O4P/c1-9(20)26-8-11(21)10-7-19(17(25)18-15(10)24)16-14(23)13(22)12(27-16)5-6-28(2,3)4;1-9(20)7-11(21)10-8-19(17(25)18-15(10)24)16-14(23)13(22)12(26-16)5-6-27(2,3)4;1-16-11(18)6-8-17(15(16)20)14-13(21-2)12(19)10(22-14)7-9-23(3,4)5;1-10-16-12(18)6-8-17(10)15-14(20-2)13(19)11(21-15)7-9-22(3,4)5;1-9-8-17(10(2)16-14(9)20)15-13(19)12(18)11(21-15)6-7-22(3,4)5/h7,12-14,16,22-23H,2,5-6,8H2,1,3-4H3,(H,18,24,25);8,12-14,16,22-23H,2,5-7H2,1,3-4H3,(H,18,24,25);6,8,10,12-14,19H,3,7,9H2,1-2,4-5H3;6,8,11,13-15,19H,1,3,7,9H2,2,4-5H3,(H,16,18);8,11-13,15,18-19H,2-3,6-7H2,1,4-5H3,(H,16,20)/t2*12-,13-,14-,16-;10-,12-,13-,14?;11-,13-,14-,15?;11-,12-,13-,15?/m11111/s1.